The summed E-state index contributed by atoms with van der Waals surface area (Å²) in [7, 11) is 0. The summed E-state index contributed by atoms with van der Waals surface area (Å²) in [5, 5.41) is 2.44. The molecule has 0 saturated heterocycles. The van der Waals surface area contributed by atoms with Crippen LogP contribution in [-0.4, -0.2) is 11.0 Å². The third kappa shape index (κ3) is 2.55. The zero-order valence-electron chi connectivity index (χ0n) is 10.7. The molecule has 2 atom stereocenters. The second-order valence-electron chi connectivity index (χ2n) is 4.63. The first-order chi connectivity index (χ1) is 9.24. The number of furan rings is 1. The molecular formula is C15H16N2OS. The molecule has 3 aromatic rings. The van der Waals surface area contributed by atoms with Gasteiger partial charge in [0.2, 0.25) is 0 Å². The van der Waals surface area contributed by atoms with E-state index in [4.69, 9.17) is 10.2 Å². The molecule has 0 saturated carbocycles. The van der Waals surface area contributed by atoms with E-state index < -0.39 is 0 Å². The second-order valence-corrected chi connectivity index (χ2v) is 5.82. The summed E-state index contributed by atoms with van der Waals surface area (Å²) in [5.74, 6) is 0.915. The number of nitrogens with two attached hydrogens (primary N) is 1. The van der Waals surface area contributed by atoms with Gasteiger partial charge in [0.25, 0.3) is 0 Å². The van der Waals surface area contributed by atoms with Crippen molar-refractivity contribution >= 4 is 22.7 Å². The summed E-state index contributed by atoms with van der Waals surface area (Å²) in [4.78, 5) is 3.41. The minimum atomic E-state index is 0.0163. The van der Waals surface area contributed by atoms with E-state index in [0.29, 0.717) is 0 Å². The largest absolute Gasteiger partial charge is 0.468 e. The van der Waals surface area contributed by atoms with Gasteiger partial charge < -0.3 is 15.1 Å². The van der Waals surface area contributed by atoms with E-state index in [2.05, 4.69) is 23.2 Å². The smallest absolute Gasteiger partial charge is 0.118 e. The van der Waals surface area contributed by atoms with Crippen molar-refractivity contribution in [1.82, 2.24) is 4.98 Å². The number of H-pyrrole nitrogens is 1. The minimum absolute atomic E-state index is 0.0163. The number of benzene rings is 1. The van der Waals surface area contributed by atoms with Crippen LogP contribution in [0.1, 0.15) is 17.9 Å². The van der Waals surface area contributed by atoms with Gasteiger partial charge in [-0.2, -0.15) is 0 Å². The van der Waals surface area contributed by atoms with Crippen LogP contribution in [0.5, 0.6) is 0 Å². The average Bonchev–Trinajstić information content (AvgIpc) is 3.04. The maximum atomic E-state index is 6.08. The Morgan fingerprint density at radius 1 is 1.21 bits per heavy atom. The number of aromatic amines is 1. The van der Waals surface area contributed by atoms with E-state index >= 15 is 0 Å². The van der Waals surface area contributed by atoms with Gasteiger partial charge in [0.05, 0.1) is 16.5 Å². The van der Waals surface area contributed by atoms with Gasteiger partial charge in [-0.3, -0.25) is 0 Å². The second kappa shape index (κ2) is 5.15. The molecule has 1 aromatic carbocycles. The molecule has 3 nitrogen and oxygen atoms in total. The molecule has 0 aliphatic carbocycles. The van der Waals surface area contributed by atoms with Crippen LogP contribution in [0.3, 0.4) is 0 Å². The highest BCUT2D eigenvalue weighted by atomic mass is 32.2. The molecule has 3 N–H and O–H groups in total. The number of aromatic nitrogens is 1. The Hall–Kier alpha value is -1.65. The number of rotatable bonds is 4. The molecule has 2 aromatic heterocycles. The first kappa shape index (κ1) is 12.4. The van der Waals surface area contributed by atoms with Crippen molar-refractivity contribution in [3.05, 3.63) is 54.5 Å². The highest BCUT2D eigenvalue weighted by molar-refractivity contribution is 7.99. The van der Waals surface area contributed by atoms with Crippen molar-refractivity contribution in [2.24, 2.45) is 5.73 Å². The van der Waals surface area contributed by atoms with Crippen LogP contribution < -0.4 is 5.73 Å². The molecule has 0 aliphatic rings. The molecule has 19 heavy (non-hydrogen) atoms. The van der Waals surface area contributed by atoms with Crippen LogP contribution >= 0.6 is 11.8 Å². The summed E-state index contributed by atoms with van der Waals surface area (Å²) in [6.07, 6.45) is 1.69. The molecular weight excluding hydrogens is 256 g/mol. The molecule has 98 valence electrons. The average molecular weight is 272 g/mol. The highest BCUT2D eigenvalue weighted by Crippen LogP contribution is 2.38. The van der Waals surface area contributed by atoms with Crippen molar-refractivity contribution in [1.29, 1.82) is 0 Å². The number of hydrogen-bond acceptors (Lipinski definition) is 3. The van der Waals surface area contributed by atoms with Gasteiger partial charge in [0.15, 0.2) is 0 Å². The van der Waals surface area contributed by atoms with E-state index in [1.54, 1.807) is 18.0 Å². The fraction of sp³-hybridized carbons (Fsp3) is 0.200. The fourth-order valence-electron chi connectivity index (χ4n) is 2.12. The highest BCUT2D eigenvalue weighted by Gasteiger charge is 2.21. The van der Waals surface area contributed by atoms with Crippen LogP contribution in [0.15, 0.2) is 58.2 Å². The summed E-state index contributed by atoms with van der Waals surface area (Å²) in [6, 6.07) is 14.3. The lowest BCUT2D eigenvalue weighted by Gasteiger charge is -2.16. The Labute approximate surface area is 116 Å². The summed E-state index contributed by atoms with van der Waals surface area (Å²) >= 11 is 1.71. The normalized spacial score (nSPS) is 14.6. The molecule has 4 heteroatoms. The first-order valence-electron chi connectivity index (χ1n) is 6.27. The maximum absolute atomic E-state index is 6.08. The third-order valence-corrected chi connectivity index (χ3v) is 4.45. The van der Waals surface area contributed by atoms with Gasteiger partial charge in [0.1, 0.15) is 5.76 Å². The quantitative estimate of drug-likeness (QED) is 0.707. The Kier molecular flexibility index (Phi) is 3.36. The van der Waals surface area contributed by atoms with Crippen molar-refractivity contribution < 1.29 is 4.42 Å². The summed E-state index contributed by atoms with van der Waals surface area (Å²) in [5.41, 5.74) is 7.22. The molecule has 3 rings (SSSR count). The van der Waals surface area contributed by atoms with Gasteiger partial charge in [-0.25, -0.2) is 0 Å². The Morgan fingerprint density at radius 3 is 2.74 bits per heavy atom. The number of nitrogens with one attached hydrogen (secondary N) is 1. The van der Waals surface area contributed by atoms with Gasteiger partial charge in [-0.05, 0) is 31.2 Å². The Bertz CT molecular complexity index is 625. The molecule has 0 amide bonds. The molecule has 2 unspecified atom stereocenters. The van der Waals surface area contributed by atoms with Crippen LogP contribution in [0.25, 0.3) is 10.9 Å². The lowest BCUT2D eigenvalue weighted by molar-refractivity contribution is 0.486. The van der Waals surface area contributed by atoms with E-state index in [-0.39, 0.29) is 11.3 Å². The molecule has 2 heterocycles. The Morgan fingerprint density at radius 2 is 2.05 bits per heavy atom. The van der Waals surface area contributed by atoms with Crippen LogP contribution in [0.2, 0.25) is 0 Å². The molecule has 0 aliphatic heterocycles. The zero-order valence-corrected chi connectivity index (χ0v) is 11.5. The monoisotopic (exact) mass is 272 g/mol. The van der Waals surface area contributed by atoms with Gasteiger partial charge >= 0.3 is 0 Å². The maximum Gasteiger partial charge on any atom is 0.118 e. The van der Waals surface area contributed by atoms with Crippen LogP contribution in [0, 0.1) is 0 Å². The van der Waals surface area contributed by atoms with E-state index in [0.717, 1.165) is 16.3 Å². The van der Waals surface area contributed by atoms with Crippen molar-refractivity contribution in [3.63, 3.8) is 0 Å². The zero-order chi connectivity index (χ0) is 13.2. The first-order valence-corrected chi connectivity index (χ1v) is 7.15. The lowest BCUT2D eigenvalue weighted by Crippen LogP contribution is -2.22. The molecule has 0 radical (unpaired) electrons. The van der Waals surface area contributed by atoms with Crippen LogP contribution in [-0.2, 0) is 0 Å². The van der Waals surface area contributed by atoms with E-state index in [1.165, 1.54) is 5.39 Å². The van der Waals surface area contributed by atoms with Crippen molar-refractivity contribution in [2.75, 3.05) is 0 Å². The lowest BCUT2D eigenvalue weighted by atomic mass is 10.2. The third-order valence-electron chi connectivity index (χ3n) is 3.06. The number of fused-ring (bicyclic) bond motifs is 1. The minimum Gasteiger partial charge on any atom is -0.468 e. The Balaban J connectivity index is 1.89. The number of para-hydroxylation sites is 1. The van der Waals surface area contributed by atoms with Crippen LogP contribution in [0.4, 0.5) is 0 Å². The van der Waals surface area contributed by atoms with E-state index in [1.807, 2.05) is 31.2 Å². The molecule has 0 fully saturated rings. The SMILES string of the molecule is CC(N)C(Sc1cc2ccccc2[nH]1)c1ccco1. The summed E-state index contributed by atoms with van der Waals surface area (Å²) in [6.45, 7) is 2.00. The van der Waals surface area contributed by atoms with Crippen molar-refractivity contribution in [2.45, 2.75) is 23.2 Å². The molecule has 0 bridgehead atoms. The van der Waals surface area contributed by atoms with Gasteiger partial charge in [-0.15, -0.1) is 0 Å². The predicted molar refractivity (Wildman–Crippen MR) is 79.3 cm³/mol. The van der Waals surface area contributed by atoms with Crippen molar-refractivity contribution in [3.8, 4) is 0 Å². The number of thioether (sulfide) groups is 1. The van der Waals surface area contributed by atoms with Gasteiger partial charge in [-0.1, -0.05) is 30.0 Å². The molecule has 0 spiro atoms. The topological polar surface area (TPSA) is 55.0 Å². The van der Waals surface area contributed by atoms with E-state index in [9.17, 15) is 0 Å². The standard InChI is InChI=1S/C15H16N2OS/c1-10(16)15(13-7-4-8-18-13)19-14-9-11-5-2-3-6-12(11)17-14/h2-10,15,17H,16H2,1H3. The van der Waals surface area contributed by atoms with Gasteiger partial charge in [0, 0.05) is 16.9 Å². The summed E-state index contributed by atoms with van der Waals surface area (Å²) < 4.78 is 5.49. The fourth-order valence-corrected chi connectivity index (χ4v) is 3.23. The predicted octanol–water partition coefficient (Wildman–Crippen LogP) is 3.94. The number of hydrogen-bond donors (Lipinski definition) is 2.